The molecule has 1 aliphatic rings. The molecule has 17 heavy (non-hydrogen) atoms. The van der Waals surface area contributed by atoms with Crippen LogP contribution in [-0.4, -0.2) is 43.6 Å². The van der Waals surface area contributed by atoms with E-state index in [0.29, 0.717) is 18.7 Å². The van der Waals surface area contributed by atoms with Gasteiger partial charge in [-0.15, -0.1) is 0 Å². The molecule has 0 amide bonds. The minimum absolute atomic E-state index is 0.207. The van der Waals surface area contributed by atoms with Gasteiger partial charge in [0.05, 0.1) is 11.0 Å². The Bertz CT molecular complexity index is 339. The SMILES string of the molecule is O=C(O)CCCCCNCC1CCCS1(=O)=O. The molecule has 1 fully saturated rings. The first kappa shape index (κ1) is 14.4. The van der Waals surface area contributed by atoms with Crippen molar-refractivity contribution in [2.24, 2.45) is 0 Å². The van der Waals surface area contributed by atoms with E-state index in [1.165, 1.54) is 0 Å². The Kier molecular flexibility index (Phi) is 5.91. The van der Waals surface area contributed by atoms with Crippen molar-refractivity contribution in [3.05, 3.63) is 0 Å². The maximum Gasteiger partial charge on any atom is 0.303 e. The summed E-state index contributed by atoms with van der Waals surface area (Å²) in [6.07, 6.45) is 4.24. The molecular formula is C11H21NO4S. The number of aliphatic carboxylic acids is 1. The summed E-state index contributed by atoms with van der Waals surface area (Å²) in [5.41, 5.74) is 0. The predicted octanol–water partition coefficient (Wildman–Crippen LogP) is 0.798. The third-order valence-corrected chi connectivity index (χ3v) is 5.35. The van der Waals surface area contributed by atoms with Crippen molar-refractivity contribution in [2.75, 3.05) is 18.8 Å². The highest BCUT2D eigenvalue weighted by atomic mass is 32.2. The zero-order valence-electron chi connectivity index (χ0n) is 10.0. The Morgan fingerprint density at radius 3 is 2.65 bits per heavy atom. The molecule has 1 rings (SSSR count). The van der Waals surface area contributed by atoms with Crippen molar-refractivity contribution in [2.45, 2.75) is 43.8 Å². The van der Waals surface area contributed by atoms with Crippen molar-refractivity contribution in [3.8, 4) is 0 Å². The second kappa shape index (κ2) is 6.96. The second-order valence-corrected chi connectivity index (χ2v) is 6.94. The monoisotopic (exact) mass is 263 g/mol. The highest BCUT2D eigenvalue weighted by molar-refractivity contribution is 7.92. The molecule has 0 aromatic carbocycles. The Morgan fingerprint density at radius 2 is 2.06 bits per heavy atom. The highest BCUT2D eigenvalue weighted by Gasteiger charge is 2.30. The van der Waals surface area contributed by atoms with Crippen molar-refractivity contribution in [1.29, 1.82) is 0 Å². The van der Waals surface area contributed by atoms with E-state index in [2.05, 4.69) is 5.32 Å². The number of carboxylic acid groups (broad SMARTS) is 1. The zero-order valence-corrected chi connectivity index (χ0v) is 10.8. The molecule has 0 aliphatic carbocycles. The van der Waals surface area contributed by atoms with Crippen molar-refractivity contribution < 1.29 is 18.3 Å². The van der Waals surface area contributed by atoms with Gasteiger partial charge in [-0.1, -0.05) is 6.42 Å². The first-order valence-electron chi connectivity index (χ1n) is 6.16. The van der Waals surface area contributed by atoms with E-state index in [0.717, 1.165) is 32.2 Å². The van der Waals surface area contributed by atoms with E-state index < -0.39 is 15.8 Å². The van der Waals surface area contributed by atoms with E-state index in [1.807, 2.05) is 0 Å². The van der Waals surface area contributed by atoms with Crippen LogP contribution in [0.3, 0.4) is 0 Å². The molecule has 1 heterocycles. The maximum atomic E-state index is 11.5. The van der Waals surface area contributed by atoms with Gasteiger partial charge in [-0.3, -0.25) is 4.79 Å². The highest BCUT2D eigenvalue weighted by Crippen LogP contribution is 2.18. The minimum atomic E-state index is -2.84. The third-order valence-electron chi connectivity index (χ3n) is 3.08. The van der Waals surface area contributed by atoms with Gasteiger partial charge >= 0.3 is 5.97 Å². The van der Waals surface area contributed by atoms with Crippen LogP contribution < -0.4 is 5.32 Å². The number of rotatable bonds is 8. The van der Waals surface area contributed by atoms with E-state index in [4.69, 9.17) is 5.11 Å². The largest absolute Gasteiger partial charge is 0.481 e. The summed E-state index contributed by atoms with van der Waals surface area (Å²) < 4.78 is 23.0. The normalized spacial score (nSPS) is 22.7. The summed E-state index contributed by atoms with van der Waals surface area (Å²) in [7, 11) is -2.84. The average Bonchev–Trinajstić information content (AvgIpc) is 2.56. The molecular weight excluding hydrogens is 242 g/mol. The third kappa shape index (κ3) is 5.50. The zero-order chi connectivity index (χ0) is 12.7. The summed E-state index contributed by atoms with van der Waals surface area (Å²) in [6.45, 7) is 1.31. The van der Waals surface area contributed by atoms with Crippen molar-refractivity contribution in [1.82, 2.24) is 5.32 Å². The number of unbranched alkanes of at least 4 members (excludes halogenated alkanes) is 2. The smallest absolute Gasteiger partial charge is 0.303 e. The Hall–Kier alpha value is -0.620. The second-order valence-electron chi connectivity index (χ2n) is 4.54. The Balaban J connectivity index is 1.99. The molecule has 0 aromatic rings. The first-order valence-corrected chi connectivity index (χ1v) is 7.88. The van der Waals surface area contributed by atoms with Gasteiger partial charge in [0.15, 0.2) is 9.84 Å². The molecule has 0 bridgehead atoms. The summed E-state index contributed by atoms with van der Waals surface area (Å²) in [5, 5.41) is 11.4. The lowest BCUT2D eigenvalue weighted by atomic mass is 10.2. The standard InChI is InChI=1S/C11H21NO4S/c13-11(14)6-2-1-3-7-12-9-10-5-4-8-17(10,15)16/h10,12H,1-9H2,(H,13,14). The van der Waals surface area contributed by atoms with E-state index in [1.54, 1.807) is 0 Å². The lowest BCUT2D eigenvalue weighted by molar-refractivity contribution is -0.137. The number of hydrogen-bond acceptors (Lipinski definition) is 4. The molecule has 6 heteroatoms. The molecule has 0 spiro atoms. The van der Waals surface area contributed by atoms with Crippen LogP contribution in [0.1, 0.15) is 38.5 Å². The fourth-order valence-corrected chi connectivity index (χ4v) is 3.85. The van der Waals surface area contributed by atoms with Crippen LogP contribution >= 0.6 is 0 Å². The Morgan fingerprint density at radius 1 is 1.29 bits per heavy atom. The lowest BCUT2D eigenvalue weighted by Crippen LogP contribution is -2.31. The first-order chi connectivity index (χ1) is 8.02. The van der Waals surface area contributed by atoms with Gasteiger partial charge in [0.2, 0.25) is 0 Å². The lowest BCUT2D eigenvalue weighted by Gasteiger charge is -2.10. The molecule has 1 unspecified atom stereocenters. The molecule has 1 saturated heterocycles. The minimum Gasteiger partial charge on any atom is -0.481 e. The fourth-order valence-electron chi connectivity index (χ4n) is 2.05. The van der Waals surface area contributed by atoms with Crippen LogP contribution in [0.25, 0.3) is 0 Å². The van der Waals surface area contributed by atoms with Gasteiger partial charge in [0.1, 0.15) is 0 Å². The molecule has 0 radical (unpaired) electrons. The van der Waals surface area contributed by atoms with Crippen molar-refractivity contribution >= 4 is 15.8 Å². The summed E-state index contributed by atoms with van der Waals surface area (Å²) >= 11 is 0. The number of carbonyl (C=O) groups is 1. The average molecular weight is 263 g/mol. The van der Waals surface area contributed by atoms with Gasteiger partial charge in [0, 0.05) is 13.0 Å². The quantitative estimate of drug-likeness (QED) is 0.633. The summed E-state index contributed by atoms with van der Waals surface area (Å²) in [6, 6.07) is 0. The van der Waals surface area contributed by atoms with Gasteiger partial charge in [0.25, 0.3) is 0 Å². The number of nitrogens with one attached hydrogen (secondary N) is 1. The van der Waals surface area contributed by atoms with Crippen LogP contribution in [0.2, 0.25) is 0 Å². The fraction of sp³-hybridized carbons (Fsp3) is 0.909. The predicted molar refractivity (Wildman–Crippen MR) is 65.8 cm³/mol. The van der Waals surface area contributed by atoms with E-state index in [9.17, 15) is 13.2 Å². The summed E-state index contributed by atoms with van der Waals surface area (Å²) in [4.78, 5) is 10.3. The van der Waals surface area contributed by atoms with Gasteiger partial charge in [-0.2, -0.15) is 0 Å². The van der Waals surface area contributed by atoms with E-state index in [-0.39, 0.29) is 11.7 Å². The summed E-state index contributed by atoms with van der Waals surface area (Å²) in [5.74, 6) is -0.423. The van der Waals surface area contributed by atoms with Gasteiger partial charge < -0.3 is 10.4 Å². The molecule has 2 N–H and O–H groups in total. The number of sulfone groups is 1. The van der Waals surface area contributed by atoms with Crippen LogP contribution in [0.15, 0.2) is 0 Å². The topological polar surface area (TPSA) is 83.5 Å². The number of carboxylic acids is 1. The van der Waals surface area contributed by atoms with Crippen molar-refractivity contribution in [3.63, 3.8) is 0 Å². The molecule has 0 saturated carbocycles. The van der Waals surface area contributed by atoms with Gasteiger partial charge in [-0.25, -0.2) is 8.42 Å². The van der Waals surface area contributed by atoms with Crippen LogP contribution in [0, 0.1) is 0 Å². The van der Waals surface area contributed by atoms with E-state index >= 15 is 0 Å². The number of hydrogen-bond donors (Lipinski definition) is 2. The molecule has 1 aliphatic heterocycles. The Labute approximate surface area is 103 Å². The molecule has 0 aromatic heterocycles. The molecule has 100 valence electrons. The van der Waals surface area contributed by atoms with Crippen LogP contribution in [0.4, 0.5) is 0 Å². The maximum absolute atomic E-state index is 11.5. The molecule has 1 atom stereocenters. The van der Waals surface area contributed by atoms with Crippen LogP contribution in [-0.2, 0) is 14.6 Å². The van der Waals surface area contributed by atoms with Gasteiger partial charge in [-0.05, 0) is 32.2 Å². The molecule has 5 nitrogen and oxygen atoms in total. The van der Waals surface area contributed by atoms with Crippen LogP contribution in [0.5, 0.6) is 0 Å².